The lowest BCUT2D eigenvalue weighted by atomic mass is 10.1. The molecule has 0 aromatic heterocycles. The fourth-order valence-electron chi connectivity index (χ4n) is 2.20. The highest BCUT2D eigenvalue weighted by Crippen LogP contribution is 2.08. The second-order valence-electron chi connectivity index (χ2n) is 4.30. The van der Waals surface area contributed by atoms with E-state index in [-0.39, 0.29) is 0 Å². The second-order valence-corrected chi connectivity index (χ2v) is 4.30. The Morgan fingerprint density at radius 1 is 1.07 bits per heavy atom. The third-order valence-corrected chi connectivity index (χ3v) is 3.09. The van der Waals surface area contributed by atoms with Gasteiger partial charge in [0.05, 0.1) is 13.1 Å². The Labute approximate surface area is 91.5 Å². The summed E-state index contributed by atoms with van der Waals surface area (Å²) in [4.78, 5) is 1.52. The highest BCUT2D eigenvalue weighted by Gasteiger charge is 2.19. The lowest BCUT2D eigenvalue weighted by molar-refractivity contribution is -0.903. The number of hydrogen-bond acceptors (Lipinski definition) is 1. The highest BCUT2D eigenvalue weighted by atomic mass is 16.3. The zero-order chi connectivity index (χ0) is 10.5. The smallest absolute Gasteiger partial charge is 0.177 e. The van der Waals surface area contributed by atoms with Gasteiger partial charge in [-0.05, 0) is 24.8 Å². The van der Waals surface area contributed by atoms with E-state index in [1.165, 1.54) is 37.3 Å². The van der Waals surface area contributed by atoms with Gasteiger partial charge in [-0.1, -0.05) is 30.3 Å². The normalized spacial score (nSPS) is 18.3. The summed E-state index contributed by atoms with van der Waals surface area (Å²) in [6, 6.07) is 9.86. The Hall–Kier alpha value is -0.860. The van der Waals surface area contributed by atoms with Crippen LogP contribution in [0.4, 0.5) is 0 Å². The van der Waals surface area contributed by atoms with Crippen LogP contribution in [0, 0.1) is 6.10 Å². The summed E-state index contributed by atoms with van der Waals surface area (Å²) in [5, 5.41) is 9.97. The van der Waals surface area contributed by atoms with Crippen molar-refractivity contribution in [3.8, 4) is 0 Å². The number of nitrogens with one attached hydrogen (secondary N) is 1. The number of aliphatic hydroxyl groups excluding tert-OH is 1. The molecular formula is C13H19NO+. The molecule has 0 amide bonds. The quantitative estimate of drug-likeness (QED) is 0.756. The largest absolute Gasteiger partial charge is 0.376 e. The van der Waals surface area contributed by atoms with Crippen LogP contribution in [0.5, 0.6) is 0 Å². The molecule has 0 bridgehead atoms. The first kappa shape index (κ1) is 10.7. The van der Waals surface area contributed by atoms with E-state index in [1.54, 1.807) is 0 Å². The molecular weight excluding hydrogens is 186 g/mol. The molecule has 0 unspecified atom stereocenters. The number of piperidine rings is 1. The van der Waals surface area contributed by atoms with Gasteiger partial charge in [0.2, 0.25) is 0 Å². The molecule has 2 N–H and O–H groups in total. The maximum absolute atomic E-state index is 9.97. The third-order valence-electron chi connectivity index (χ3n) is 3.09. The zero-order valence-corrected chi connectivity index (χ0v) is 9.08. The van der Waals surface area contributed by atoms with E-state index in [9.17, 15) is 5.11 Å². The second kappa shape index (κ2) is 5.29. The summed E-state index contributed by atoms with van der Waals surface area (Å²) >= 11 is 0. The Kier molecular flexibility index (Phi) is 3.75. The minimum absolute atomic E-state index is 0.535. The van der Waals surface area contributed by atoms with E-state index in [1.807, 2.05) is 30.3 Å². The van der Waals surface area contributed by atoms with E-state index >= 15 is 0 Å². The molecule has 1 aliphatic rings. The molecule has 2 nitrogen and oxygen atoms in total. The van der Waals surface area contributed by atoms with E-state index in [0.29, 0.717) is 6.10 Å². The van der Waals surface area contributed by atoms with Gasteiger partial charge in [-0.3, -0.25) is 0 Å². The van der Waals surface area contributed by atoms with Gasteiger partial charge in [0.1, 0.15) is 6.54 Å². The Balaban J connectivity index is 1.88. The number of hydrogen-bond donors (Lipinski definition) is 2. The maximum atomic E-state index is 9.97. The number of quaternary nitrogens is 1. The zero-order valence-electron chi connectivity index (χ0n) is 9.08. The van der Waals surface area contributed by atoms with Gasteiger partial charge in [-0.25, -0.2) is 0 Å². The van der Waals surface area contributed by atoms with E-state index in [2.05, 4.69) is 0 Å². The number of aliphatic hydroxyl groups is 1. The van der Waals surface area contributed by atoms with Crippen molar-refractivity contribution in [3.63, 3.8) is 0 Å². The van der Waals surface area contributed by atoms with E-state index in [4.69, 9.17) is 0 Å². The standard InChI is InChI=1S/C13H18NO/c15-13(12-7-3-1-4-8-12)11-14-9-5-2-6-10-14/h1,3-4,7-8,15H,2,5-6,9-11H2/p+1. The molecule has 1 aromatic carbocycles. The van der Waals surface area contributed by atoms with Crippen LogP contribution in [0.3, 0.4) is 0 Å². The van der Waals surface area contributed by atoms with Crippen LogP contribution < -0.4 is 4.90 Å². The molecule has 0 saturated carbocycles. The molecule has 1 aromatic rings. The topological polar surface area (TPSA) is 24.7 Å². The Morgan fingerprint density at radius 2 is 1.73 bits per heavy atom. The molecule has 0 atom stereocenters. The summed E-state index contributed by atoms with van der Waals surface area (Å²) < 4.78 is 0. The molecule has 2 rings (SSSR count). The minimum Gasteiger partial charge on any atom is -0.376 e. The lowest BCUT2D eigenvalue weighted by Crippen LogP contribution is -3.13. The Morgan fingerprint density at radius 3 is 2.40 bits per heavy atom. The predicted molar refractivity (Wildman–Crippen MR) is 60.1 cm³/mol. The molecule has 1 aliphatic heterocycles. The third kappa shape index (κ3) is 3.05. The van der Waals surface area contributed by atoms with Crippen molar-refractivity contribution in [3.05, 3.63) is 42.0 Å². The number of benzene rings is 1. The van der Waals surface area contributed by atoms with Gasteiger partial charge in [0.25, 0.3) is 0 Å². The van der Waals surface area contributed by atoms with Crippen molar-refractivity contribution in [2.24, 2.45) is 0 Å². The average Bonchev–Trinajstić information content (AvgIpc) is 2.31. The molecule has 2 heteroatoms. The van der Waals surface area contributed by atoms with Crippen molar-refractivity contribution in [1.29, 1.82) is 0 Å². The van der Waals surface area contributed by atoms with Crippen molar-refractivity contribution in [2.75, 3.05) is 19.6 Å². The van der Waals surface area contributed by atoms with Gasteiger partial charge in [0, 0.05) is 0 Å². The molecule has 1 fully saturated rings. The SMILES string of the molecule is O[C](C[NH+]1CCCCC1)c1ccccc1. The van der Waals surface area contributed by atoms with Crippen LogP contribution >= 0.6 is 0 Å². The fourth-order valence-corrected chi connectivity index (χ4v) is 2.20. The van der Waals surface area contributed by atoms with Gasteiger partial charge in [-0.2, -0.15) is 0 Å². The first-order chi connectivity index (χ1) is 7.36. The van der Waals surface area contributed by atoms with Gasteiger partial charge < -0.3 is 10.0 Å². The van der Waals surface area contributed by atoms with Gasteiger partial charge in [-0.15, -0.1) is 0 Å². The van der Waals surface area contributed by atoms with Crippen molar-refractivity contribution in [2.45, 2.75) is 19.3 Å². The summed E-state index contributed by atoms with van der Waals surface area (Å²) in [5.41, 5.74) is 0.968. The van der Waals surface area contributed by atoms with Crippen molar-refractivity contribution >= 4 is 0 Å². The molecule has 1 saturated heterocycles. The highest BCUT2D eigenvalue weighted by molar-refractivity contribution is 5.25. The maximum Gasteiger partial charge on any atom is 0.177 e. The average molecular weight is 205 g/mol. The molecule has 1 radical (unpaired) electrons. The van der Waals surface area contributed by atoms with E-state index in [0.717, 1.165) is 12.1 Å². The fraction of sp³-hybridized carbons (Fsp3) is 0.462. The van der Waals surface area contributed by atoms with Crippen molar-refractivity contribution in [1.82, 2.24) is 0 Å². The Bertz CT molecular complexity index is 280. The van der Waals surface area contributed by atoms with Crippen LogP contribution in [0.15, 0.2) is 30.3 Å². The summed E-state index contributed by atoms with van der Waals surface area (Å²) in [6.07, 6.45) is 4.50. The van der Waals surface area contributed by atoms with Gasteiger partial charge >= 0.3 is 0 Å². The molecule has 81 valence electrons. The van der Waals surface area contributed by atoms with Crippen LogP contribution in [-0.4, -0.2) is 24.7 Å². The number of likely N-dealkylation sites (tertiary alicyclic amines) is 1. The van der Waals surface area contributed by atoms with Crippen LogP contribution in [0.1, 0.15) is 24.8 Å². The minimum atomic E-state index is 0.535. The first-order valence-corrected chi connectivity index (χ1v) is 5.80. The summed E-state index contributed by atoms with van der Waals surface area (Å²) in [6.45, 7) is 3.19. The molecule has 1 heterocycles. The first-order valence-electron chi connectivity index (χ1n) is 5.80. The number of rotatable bonds is 3. The lowest BCUT2D eigenvalue weighted by Gasteiger charge is -2.25. The van der Waals surface area contributed by atoms with Crippen LogP contribution in [0.25, 0.3) is 0 Å². The summed E-state index contributed by atoms with van der Waals surface area (Å²) in [5.74, 6) is 0. The molecule has 0 spiro atoms. The molecule has 0 aliphatic carbocycles. The van der Waals surface area contributed by atoms with Crippen molar-refractivity contribution < 1.29 is 10.0 Å². The van der Waals surface area contributed by atoms with E-state index < -0.39 is 0 Å². The molecule has 15 heavy (non-hydrogen) atoms. The predicted octanol–water partition coefficient (Wildman–Crippen LogP) is 1.01. The van der Waals surface area contributed by atoms with Gasteiger partial charge in [0.15, 0.2) is 6.10 Å². The monoisotopic (exact) mass is 205 g/mol. The van der Waals surface area contributed by atoms with Crippen LogP contribution in [-0.2, 0) is 0 Å². The van der Waals surface area contributed by atoms with Crippen LogP contribution in [0.2, 0.25) is 0 Å². The summed E-state index contributed by atoms with van der Waals surface area (Å²) in [7, 11) is 0.